The van der Waals surface area contributed by atoms with Crippen LogP contribution < -0.4 is 19.5 Å². The van der Waals surface area contributed by atoms with Gasteiger partial charge in [0.25, 0.3) is 0 Å². The second-order valence-corrected chi connectivity index (χ2v) is 8.09. The topological polar surface area (TPSA) is 77.0 Å². The standard InChI is InChI=1S/C21H24ClNO5S/c1-3-26-18-11-14(20-23-17(12-29-20)21(24)25)10-16(22)19(18)28-9-8-27-15-6-4-13(2)5-7-15/h4-7,10-11,17,20,23H,3,8-9,12H2,1-2H3,(H,24,25). The van der Waals surface area contributed by atoms with Crippen LogP contribution in [0.3, 0.4) is 0 Å². The molecule has 0 bridgehead atoms. The van der Waals surface area contributed by atoms with Gasteiger partial charge in [-0.05, 0) is 43.7 Å². The lowest BCUT2D eigenvalue weighted by Gasteiger charge is -2.18. The lowest BCUT2D eigenvalue weighted by molar-refractivity contribution is -0.138. The van der Waals surface area contributed by atoms with Crippen LogP contribution in [0.15, 0.2) is 36.4 Å². The van der Waals surface area contributed by atoms with Gasteiger partial charge in [-0.1, -0.05) is 29.3 Å². The molecule has 1 aliphatic heterocycles. The van der Waals surface area contributed by atoms with Crippen molar-refractivity contribution < 1.29 is 24.1 Å². The minimum Gasteiger partial charge on any atom is -0.490 e. The molecule has 2 atom stereocenters. The van der Waals surface area contributed by atoms with E-state index < -0.39 is 12.0 Å². The van der Waals surface area contributed by atoms with Gasteiger partial charge in [0.15, 0.2) is 11.5 Å². The molecule has 8 heteroatoms. The summed E-state index contributed by atoms with van der Waals surface area (Å²) in [5.74, 6) is 1.41. The highest BCUT2D eigenvalue weighted by Gasteiger charge is 2.31. The molecule has 0 aromatic heterocycles. The number of ether oxygens (including phenoxy) is 3. The molecule has 1 heterocycles. The van der Waals surface area contributed by atoms with Gasteiger partial charge in [-0.3, -0.25) is 10.1 Å². The third-order valence-electron chi connectivity index (χ3n) is 4.33. The van der Waals surface area contributed by atoms with E-state index in [2.05, 4.69) is 5.32 Å². The van der Waals surface area contributed by atoms with Gasteiger partial charge in [0.05, 0.1) is 17.0 Å². The van der Waals surface area contributed by atoms with Crippen LogP contribution in [0, 0.1) is 6.92 Å². The molecule has 1 fully saturated rings. The number of aliphatic carboxylic acids is 1. The number of halogens is 1. The van der Waals surface area contributed by atoms with E-state index in [0.29, 0.717) is 42.1 Å². The number of aryl methyl sites for hydroxylation is 1. The summed E-state index contributed by atoms with van der Waals surface area (Å²) in [6.45, 7) is 5.04. The van der Waals surface area contributed by atoms with E-state index in [1.807, 2.05) is 44.2 Å². The number of carboxylic acids is 1. The first-order chi connectivity index (χ1) is 14.0. The van der Waals surface area contributed by atoms with E-state index in [-0.39, 0.29) is 5.37 Å². The first-order valence-electron chi connectivity index (χ1n) is 9.37. The molecule has 0 spiro atoms. The van der Waals surface area contributed by atoms with Gasteiger partial charge in [-0.2, -0.15) is 0 Å². The Kier molecular flexibility index (Phi) is 7.52. The van der Waals surface area contributed by atoms with Crippen molar-refractivity contribution in [2.75, 3.05) is 25.6 Å². The molecular formula is C21H24ClNO5S. The predicted molar refractivity (Wildman–Crippen MR) is 115 cm³/mol. The van der Waals surface area contributed by atoms with E-state index in [0.717, 1.165) is 11.3 Å². The molecule has 0 amide bonds. The van der Waals surface area contributed by atoms with Crippen molar-refractivity contribution in [1.82, 2.24) is 5.32 Å². The van der Waals surface area contributed by atoms with Crippen molar-refractivity contribution in [1.29, 1.82) is 0 Å². The van der Waals surface area contributed by atoms with Crippen LogP contribution in [0.4, 0.5) is 0 Å². The van der Waals surface area contributed by atoms with Gasteiger partial charge in [-0.25, -0.2) is 0 Å². The molecule has 6 nitrogen and oxygen atoms in total. The maximum absolute atomic E-state index is 11.2. The summed E-state index contributed by atoms with van der Waals surface area (Å²) in [7, 11) is 0. The fourth-order valence-electron chi connectivity index (χ4n) is 2.89. The molecule has 29 heavy (non-hydrogen) atoms. The molecule has 2 N–H and O–H groups in total. The van der Waals surface area contributed by atoms with Crippen LogP contribution in [0.1, 0.15) is 23.4 Å². The maximum atomic E-state index is 11.2. The number of thioether (sulfide) groups is 1. The molecule has 1 aliphatic rings. The largest absolute Gasteiger partial charge is 0.490 e. The second kappa shape index (κ2) is 10.1. The third-order valence-corrected chi connectivity index (χ3v) is 5.88. The molecule has 3 rings (SSSR count). The number of nitrogens with one attached hydrogen (secondary N) is 1. The third kappa shape index (κ3) is 5.72. The van der Waals surface area contributed by atoms with E-state index in [1.54, 1.807) is 6.07 Å². The molecule has 0 radical (unpaired) electrons. The normalized spacial score (nSPS) is 18.4. The smallest absolute Gasteiger partial charge is 0.321 e. The van der Waals surface area contributed by atoms with Crippen molar-refractivity contribution >= 4 is 29.3 Å². The minimum atomic E-state index is -0.857. The SMILES string of the molecule is CCOc1cc(C2NC(C(=O)O)CS2)cc(Cl)c1OCCOc1ccc(C)cc1. The zero-order valence-corrected chi connectivity index (χ0v) is 17.9. The molecule has 0 saturated carbocycles. The lowest BCUT2D eigenvalue weighted by Crippen LogP contribution is -2.33. The Balaban J connectivity index is 1.64. The van der Waals surface area contributed by atoms with E-state index in [9.17, 15) is 9.90 Å². The first-order valence-corrected chi connectivity index (χ1v) is 10.8. The number of hydrogen-bond donors (Lipinski definition) is 2. The Morgan fingerprint density at radius 3 is 2.59 bits per heavy atom. The summed E-state index contributed by atoms with van der Waals surface area (Å²) in [6.07, 6.45) is 0. The molecule has 156 valence electrons. The summed E-state index contributed by atoms with van der Waals surface area (Å²) in [5, 5.41) is 12.5. The number of hydrogen-bond acceptors (Lipinski definition) is 6. The average molecular weight is 438 g/mol. The van der Waals surface area contributed by atoms with Gasteiger partial charge < -0.3 is 19.3 Å². The van der Waals surface area contributed by atoms with Gasteiger partial charge in [0.2, 0.25) is 0 Å². The van der Waals surface area contributed by atoms with Crippen LogP contribution >= 0.6 is 23.4 Å². The van der Waals surface area contributed by atoms with Gasteiger partial charge in [-0.15, -0.1) is 11.8 Å². The van der Waals surface area contributed by atoms with Crippen molar-refractivity contribution in [3.8, 4) is 17.2 Å². The Morgan fingerprint density at radius 1 is 1.21 bits per heavy atom. The fourth-order valence-corrected chi connectivity index (χ4v) is 4.37. The lowest BCUT2D eigenvalue weighted by atomic mass is 10.2. The highest BCUT2D eigenvalue weighted by atomic mass is 35.5. The highest BCUT2D eigenvalue weighted by molar-refractivity contribution is 7.99. The zero-order chi connectivity index (χ0) is 20.8. The number of carboxylic acid groups (broad SMARTS) is 1. The average Bonchev–Trinajstić information content (AvgIpc) is 3.19. The van der Waals surface area contributed by atoms with Crippen molar-refractivity contribution in [3.63, 3.8) is 0 Å². The molecule has 2 aromatic carbocycles. The summed E-state index contributed by atoms with van der Waals surface area (Å²) in [5.41, 5.74) is 2.03. The summed E-state index contributed by atoms with van der Waals surface area (Å²) in [6, 6.07) is 10.9. The fraction of sp³-hybridized carbons (Fsp3) is 0.381. The molecule has 2 unspecified atom stereocenters. The first kappa shape index (κ1) is 21.6. The van der Waals surface area contributed by atoms with Crippen LogP contribution in [0.25, 0.3) is 0 Å². The Hall–Kier alpha value is -2.09. The van der Waals surface area contributed by atoms with Crippen molar-refractivity contribution in [3.05, 3.63) is 52.5 Å². The van der Waals surface area contributed by atoms with Gasteiger partial charge in [0, 0.05) is 5.75 Å². The molecular weight excluding hydrogens is 414 g/mol. The second-order valence-electron chi connectivity index (χ2n) is 6.54. The van der Waals surface area contributed by atoms with Crippen molar-refractivity contribution in [2.24, 2.45) is 0 Å². The minimum absolute atomic E-state index is 0.160. The summed E-state index contributed by atoms with van der Waals surface area (Å²) < 4.78 is 17.2. The quantitative estimate of drug-likeness (QED) is 0.566. The Morgan fingerprint density at radius 2 is 1.93 bits per heavy atom. The van der Waals surface area contributed by atoms with E-state index in [1.165, 1.54) is 17.3 Å². The molecule has 1 saturated heterocycles. The molecule has 2 aromatic rings. The maximum Gasteiger partial charge on any atom is 0.321 e. The number of rotatable bonds is 9. The predicted octanol–water partition coefficient (Wildman–Crippen LogP) is 4.29. The monoisotopic (exact) mass is 437 g/mol. The van der Waals surface area contributed by atoms with E-state index >= 15 is 0 Å². The van der Waals surface area contributed by atoms with Gasteiger partial charge >= 0.3 is 5.97 Å². The Labute approximate surface area is 179 Å². The van der Waals surface area contributed by atoms with Crippen LogP contribution in [0.2, 0.25) is 5.02 Å². The van der Waals surface area contributed by atoms with Crippen LogP contribution in [-0.2, 0) is 4.79 Å². The van der Waals surface area contributed by atoms with E-state index in [4.69, 9.17) is 25.8 Å². The highest BCUT2D eigenvalue weighted by Crippen LogP contribution is 2.42. The van der Waals surface area contributed by atoms with Crippen molar-refractivity contribution in [2.45, 2.75) is 25.3 Å². The Bertz CT molecular complexity index is 846. The summed E-state index contributed by atoms with van der Waals surface area (Å²) >= 11 is 7.99. The summed E-state index contributed by atoms with van der Waals surface area (Å²) in [4.78, 5) is 11.2. The van der Waals surface area contributed by atoms with Crippen LogP contribution in [-0.4, -0.2) is 42.7 Å². The molecule has 0 aliphatic carbocycles. The van der Waals surface area contributed by atoms with Crippen LogP contribution in [0.5, 0.6) is 17.2 Å². The number of benzene rings is 2. The zero-order valence-electron chi connectivity index (χ0n) is 16.3. The number of carbonyl (C=O) groups is 1. The van der Waals surface area contributed by atoms with Gasteiger partial charge in [0.1, 0.15) is 25.0 Å².